The normalized spacial score (nSPS) is 17.5. The standard InChI is InChI=1S/C61H47N/c1-40-27-36-56-52(37-40)49-23-13-16-26-55(49)61(56)54-25-15-12-22-48(54)51-35-33-46(39-58(51)61)62(44-19-9-6-10-20-44)45-32-34-50-47-21-11-14-24-53(47)60(57(50)38-45,42-17-7-5-8-18-42)43-30-28-41(29-31-43)59(2,3)4/h5-39H,1-4H3. The van der Waals surface area contributed by atoms with E-state index in [4.69, 9.17) is 0 Å². The fraction of sp³-hybridized carbons (Fsp3) is 0.115. The monoisotopic (exact) mass is 793 g/mol. The summed E-state index contributed by atoms with van der Waals surface area (Å²) < 4.78 is 0. The van der Waals surface area contributed by atoms with Gasteiger partial charge in [0, 0.05) is 17.1 Å². The Morgan fingerprint density at radius 3 is 1.32 bits per heavy atom. The summed E-state index contributed by atoms with van der Waals surface area (Å²) in [5.41, 5.74) is 23.5. The molecule has 0 aromatic heterocycles. The lowest BCUT2D eigenvalue weighted by Gasteiger charge is -2.35. The molecule has 0 heterocycles. The number of aryl methyl sites for hydroxylation is 1. The highest BCUT2D eigenvalue weighted by atomic mass is 15.1. The van der Waals surface area contributed by atoms with E-state index < -0.39 is 10.8 Å². The Bertz CT molecular complexity index is 3220. The molecule has 0 bridgehead atoms. The number of benzene rings is 9. The van der Waals surface area contributed by atoms with Gasteiger partial charge in [0.1, 0.15) is 0 Å². The topological polar surface area (TPSA) is 3.24 Å². The minimum Gasteiger partial charge on any atom is -0.310 e. The Morgan fingerprint density at radius 2 is 0.758 bits per heavy atom. The third kappa shape index (κ3) is 4.97. The van der Waals surface area contributed by atoms with Crippen molar-refractivity contribution in [1.82, 2.24) is 0 Å². The first-order valence-electron chi connectivity index (χ1n) is 22.0. The molecule has 9 aromatic carbocycles. The lowest BCUT2D eigenvalue weighted by atomic mass is 9.67. The largest absolute Gasteiger partial charge is 0.310 e. The molecule has 2 unspecified atom stereocenters. The molecule has 3 aliphatic rings. The molecule has 2 atom stereocenters. The maximum Gasteiger partial charge on any atom is 0.0726 e. The van der Waals surface area contributed by atoms with Gasteiger partial charge < -0.3 is 4.90 Å². The second-order valence-corrected chi connectivity index (χ2v) is 18.5. The SMILES string of the molecule is Cc1ccc2c(c1)-c1ccccc1C21c2ccccc2-c2ccc(N(c3ccccc3)c3ccc4c(c3)C(c3ccccc3)(c3ccc(C(C)(C)C)cc3)c3ccccc3-4)cc21. The maximum atomic E-state index is 2.51. The molecule has 0 radical (unpaired) electrons. The number of fused-ring (bicyclic) bond motifs is 13. The number of anilines is 3. The molecular weight excluding hydrogens is 747 g/mol. The van der Waals surface area contributed by atoms with Crippen LogP contribution in [0.2, 0.25) is 0 Å². The number of nitrogens with zero attached hydrogens (tertiary/aromatic N) is 1. The fourth-order valence-electron chi connectivity index (χ4n) is 11.5. The number of rotatable bonds is 5. The molecule has 62 heavy (non-hydrogen) atoms. The van der Waals surface area contributed by atoms with Gasteiger partial charge in [-0.3, -0.25) is 0 Å². The summed E-state index contributed by atoms with van der Waals surface area (Å²) in [5, 5.41) is 0. The molecular formula is C61H47N. The van der Waals surface area contributed by atoms with Gasteiger partial charge in [-0.1, -0.05) is 202 Å². The van der Waals surface area contributed by atoms with Gasteiger partial charge in [-0.05, 0) is 132 Å². The molecule has 296 valence electrons. The van der Waals surface area contributed by atoms with Crippen LogP contribution >= 0.6 is 0 Å². The summed E-state index contributed by atoms with van der Waals surface area (Å²) in [4.78, 5) is 2.48. The van der Waals surface area contributed by atoms with Crippen LogP contribution < -0.4 is 4.90 Å². The van der Waals surface area contributed by atoms with E-state index in [2.05, 4.69) is 245 Å². The van der Waals surface area contributed by atoms with E-state index in [0.717, 1.165) is 17.1 Å². The molecule has 0 fully saturated rings. The van der Waals surface area contributed by atoms with E-state index in [0.29, 0.717) is 0 Å². The summed E-state index contributed by atoms with van der Waals surface area (Å²) in [6.45, 7) is 9.10. The van der Waals surface area contributed by atoms with Gasteiger partial charge in [0.15, 0.2) is 0 Å². The van der Waals surface area contributed by atoms with Gasteiger partial charge in [-0.2, -0.15) is 0 Å². The molecule has 0 saturated carbocycles. The van der Waals surface area contributed by atoms with Crippen LogP contribution in [0, 0.1) is 6.92 Å². The molecule has 0 amide bonds. The van der Waals surface area contributed by atoms with Crippen LogP contribution in [0.1, 0.15) is 76.4 Å². The summed E-state index contributed by atoms with van der Waals surface area (Å²) in [6.07, 6.45) is 0. The highest BCUT2D eigenvalue weighted by molar-refractivity contribution is 5.97. The van der Waals surface area contributed by atoms with Crippen LogP contribution in [0.25, 0.3) is 33.4 Å². The summed E-state index contributed by atoms with van der Waals surface area (Å²) in [5.74, 6) is 0. The second kappa shape index (κ2) is 13.4. The van der Waals surface area contributed by atoms with E-state index in [-0.39, 0.29) is 5.41 Å². The number of para-hydroxylation sites is 1. The van der Waals surface area contributed by atoms with Gasteiger partial charge in [0.2, 0.25) is 0 Å². The minimum atomic E-state index is -0.527. The first-order chi connectivity index (χ1) is 30.3. The van der Waals surface area contributed by atoms with Crippen LogP contribution in [-0.2, 0) is 16.2 Å². The fourth-order valence-corrected chi connectivity index (χ4v) is 11.5. The lowest BCUT2D eigenvalue weighted by Crippen LogP contribution is -2.29. The van der Waals surface area contributed by atoms with Crippen LogP contribution in [0.15, 0.2) is 212 Å². The van der Waals surface area contributed by atoms with Crippen molar-refractivity contribution in [3.63, 3.8) is 0 Å². The van der Waals surface area contributed by atoms with Crippen molar-refractivity contribution in [2.45, 2.75) is 43.9 Å². The van der Waals surface area contributed by atoms with Crippen molar-refractivity contribution in [3.8, 4) is 33.4 Å². The van der Waals surface area contributed by atoms with Crippen LogP contribution in [-0.4, -0.2) is 0 Å². The number of hydrogen-bond acceptors (Lipinski definition) is 1. The van der Waals surface area contributed by atoms with Crippen LogP contribution in [0.3, 0.4) is 0 Å². The van der Waals surface area contributed by atoms with Gasteiger partial charge >= 0.3 is 0 Å². The molecule has 0 aliphatic heterocycles. The Balaban J connectivity index is 1.12. The zero-order valence-corrected chi connectivity index (χ0v) is 35.7. The minimum absolute atomic E-state index is 0.0463. The zero-order valence-electron chi connectivity index (χ0n) is 35.7. The lowest BCUT2D eigenvalue weighted by molar-refractivity contribution is 0.589. The molecule has 9 aromatic rings. The van der Waals surface area contributed by atoms with E-state index >= 15 is 0 Å². The van der Waals surface area contributed by atoms with Crippen molar-refractivity contribution in [1.29, 1.82) is 0 Å². The Labute approximate surface area is 365 Å². The first-order valence-corrected chi connectivity index (χ1v) is 22.0. The average Bonchev–Trinajstić information content (AvgIpc) is 3.89. The average molecular weight is 794 g/mol. The quantitative estimate of drug-likeness (QED) is 0.168. The highest BCUT2D eigenvalue weighted by Gasteiger charge is 2.52. The zero-order chi connectivity index (χ0) is 41.8. The smallest absolute Gasteiger partial charge is 0.0726 e. The molecule has 0 N–H and O–H groups in total. The maximum absolute atomic E-state index is 2.51. The molecule has 0 saturated heterocycles. The Kier molecular flexibility index (Phi) is 7.91. The van der Waals surface area contributed by atoms with Crippen LogP contribution in [0.4, 0.5) is 17.1 Å². The van der Waals surface area contributed by atoms with E-state index in [1.54, 1.807) is 0 Å². The molecule has 12 rings (SSSR count). The van der Waals surface area contributed by atoms with E-state index in [1.165, 1.54) is 89.0 Å². The Hall–Kier alpha value is -7.22. The van der Waals surface area contributed by atoms with Crippen LogP contribution in [0.5, 0.6) is 0 Å². The predicted molar refractivity (Wildman–Crippen MR) is 258 cm³/mol. The summed E-state index contributed by atoms with van der Waals surface area (Å²) in [6, 6.07) is 80.4. The van der Waals surface area contributed by atoms with Crippen molar-refractivity contribution in [3.05, 3.63) is 268 Å². The van der Waals surface area contributed by atoms with E-state index in [9.17, 15) is 0 Å². The third-order valence-electron chi connectivity index (χ3n) is 14.2. The summed E-state index contributed by atoms with van der Waals surface area (Å²) in [7, 11) is 0. The predicted octanol–water partition coefficient (Wildman–Crippen LogP) is 15.5. The van der Waals surface area contributed by atoms with Gasteiger partial charge in [0.05, 0.1) is 10.8 Å². The first kappa shape index (κ1) is 36.6. The van der Waals surface area contributed by atoms with Crippen molar-refractivity contribution in [2.75, 3.05) is 4.90 Å². The summed E-state index contributed by atoms with van der Waals surface area (Å²) >= 11 is 0. The van der Waals surface area contributed by atoms with Gasteiger partial charge in [-0.15, -0.1) is 0 Å². The third-order valence-corrected chi connectivity index (χ3v) is 14.2. The highest BCUT2D eigenvalue weighted by Crippen LogP contribution is 2.64. The Morgan fingerprint density at radius 1 is 0.323 bits per heavy atom. The van der Waals surface area contributed by atoms with Crippen molar-refractivity contribution < 1.29 is 0 Å². The van der Waals surface area contributed by atoms with Crippen molar-refractivity contribution >= 4 is 17.1 Å². The molecule has 1 nitrogen and oxygen atoms in total. The van der Waals surface area contributed by atoms with Gasteiger partial charge in [-0.25, -0.2) is 0 Å². The van der Waals surface area contributed by atoms with Crippen molar-refractivity contribution in [2.24, 2.45) is 0 Å². The van der Waals surface area contributed by atoms with Gasteiger partial charge in [0.25, 0.3) is 0 Å². The number of hydrogen-bond donors (Lipinski definition) is 0. The molecule has 1 heteroatoms. The second-order valence-electron chi connectivity index (χ2n) is 18.5. The molecule has 1 spiro atoms. The molecule has 3 aliphatic carbocycles. The van der Waals surface area contributed by atoms with E-state index in [1.807, 2.05) is 0 Å².